The predicted octanol–water partition coefficient (Wildman–Crippen LogP) is 0.555. The summed E-state index contributed by atoms with van der Waals surface area (Å²) < 4.78 is 61.6. The van der Waals surface area contributed by atoms with Crippen LogP contribution in [0.2, 0.25) is 0 Å². The van der Waals surface area contributed by atoms with Crippen molar-refractivity contribution in [2.75, 3.05) is 20.1 Å². The van der Waals surface area contributed by atoms with Crippen LogP contribution in [0.1, 0.15) is 12.3 Å². The molecule has 0 fully saturated rings. The molecule has 2 nitrogen and oxygen atoms in total. The van der Waals surface area contributed by atoms with Crippen LogP contribution in [0.25, 0.3) is 0 Å². The van der Waals surface area contributed by atoms with Gasteiger partial charge in [-0.2, -0.15) is 0 Å². The lowest BCUT2D eigenvalue weighted by Crippen LogP contribution is -2.12. The maximum Gasteiger partial charge on any atom is 0.155 e. The van der Waals surface area contributed by atoms with Gasteiger partial charge >= 0.3 is 0 Å². The molecule has 0 aliphatic heterocycles. The molecule has 0 amide bonds. The van der Waals surface area contributed by atoms with Gasteiger partial charge in [-0.05, 0) is 6.18 Å². The van der Waals surface area contributed by atoms with Crippen LogP contribution in [0, 0.1) is 0 Å². The van der Waals surface area contributed by atoms with Crippen molar-refractivity contribution in [1.29, 1.82) is 0 Å². The Bertz CT molecular complexity index is 242. The Morgan fingerprint density at radius 3 is 3.57 bits per heavy atom. The smallest absolute Gasteiger partial charge is 0.155 e. The lowest BCUT2D eigenvalue weighted by Gasteiger charge is -1.95. The highest BCUT2D eigenvalue weighted by Crippen LogP contribution is 1.90. The fourth-order valence-corrected chi connectivity index (χ4v) is 0.173. The van der Waals surface area contributed by atoms with Crippen molar-refractivity contribution >= 4 is 16.9 Å². The molecule has 0 bridgehead atoms. The molecule has 0 radical (unpaired) electrons. The Labute approximate surface area is 61.0 Å². The summed E-state index contributed by atoms with van der Waals surface area (Å²) in [5.74, 6) is 0. The molecule has 0 rings (SSSR count). The minimum absolute atomic E-state index is 0.0745. The third-order valence-electron chi connectivity index (χ3n) is 0.305. The van der Waals surface area contributed by atoms with E-state index in [0.29, 0.717) is 0 Å². The van der Waals surface area contributed by atoms with Gasteiger partial charge in [-0.15, -0.1) is 0 Å². The maximum absolute atomic E-state index is 6.89. The van der Waals surface area contributed by atoms with E-state index in [-0.39, 0.29) is 11.8 Å². The third-order valence-corrected chi connectivity index (χ3v) is 0.692. The number of nitrogens with one attached hydrogen (secondary N) is 1. The fourth-order valence-electron chi connectivity index (χ4n) is 0.0763. The molecule has 0 aromatic carbocycles. The van der Waals surface area contributed by atoms with Crippen LogP contribution in [0.3, 0.4) is 0 Å². The Morgan fingerprint density at radius 2 is 3.00 bits per heavy atom. The number of hydrogen-bond donors (Lipinski definition) is 1. The minimum Gasteiger partial charge on any atom is -0.368 e. The average molecular weight is 127 g/mol. The number of nitrogens with zero attached hydrogens (tertiary/aromatic N) is 1. The summed E-state index contributed by atoms with van der Waals surface area (Å²) in [5, 5.41) is 1.11. The molecule has 0 unspecified atom stereocenters. The summed E-state index contributed by atoms with van der Waals surface area (Å²) in [5.41, 5.74) is 0. The van der Waals surface area contributed by atoms with Gasteiger partial charge in [-0.1, -0.05) is 11.8 Å². The number of amidine groups is 1. The van der Waals surface area contributed by atoms with Crippen LogP contribution in [0.4, 0.5) is 0 Å². The highest BCUT2D eigenvalue weighted by molar-refractivity contribution is 8.13. The summed E-state index contributed by atoms with van der Waals surface area (Å²) in [6.07, 6.45) is -2.57. The van der Waals surface area contributed by atoms with Gasteiger partial charge in [-0.3, -0.25) is 4.99 Å². The Hall–Kier alpha value is -0.180. The first-order chi connectivity index (χ1) is 6.79. The monoisotopic (exact) mass is 127 g/mol. The first-order valence-corrected chi connectivity index (χ1v) is 2.17. The van der Waals surface area contributed by atoms with E-state index < -0.39 is 25.3 Å². The molecule has 0 atom stereocenters. The second-order valence-electron chi connectivity index (χ2n) is 0.644. The van der Waals surface area contributed by atoms with Crippen LogP contribution in [0.5, 0.6) is 0 Å². The first-order valence-electron chi connectivity index (χ1n) is 5.86. The van der Waals surface area contributed by atoms with E-state index in [1.807, 2.05) is 0 Å². The largest absolute Gasteiger partial charge is 0.368 e. The molecule has 7 heavy (non-hydrogen) atoms. The predicted molar refractivity (Wildman–Crippen MR) is 35.9 cm³/mol. The van der Waals surface area contributed by atoms with Crippen LogP contribution in [-0.2, 0) is 0 Å². The van der Waals surface area contributed by atoms with Crippen molar-refractivity contribution in [3.63, 3.8) is 0 Å². The summed E-state index contributed by atoms with van der Waals surface area (Å²) in [6, 6.07) is 0. The van der Waals surface area contributed by atoms with E-state index in [4.69, 9.17) is 12.3 Å². The standard InChI is InChI=1S/C4H10N2S/c1-5-4(6-2)7-3/h1-3H3,(H,5,6)/i1D3,2D3,3D3. The summed E-state index contributed by atoms with van der Waals surface area (Å²) in [6.45, 7) is -5.48. The molecule has 1 N–H and O–H groups in total. The lowest BCUT2D eigenvalue weighted by molar-refractivity contribution is 1.18. The Morgan fingerprint density at radius 1 is 2.00 bits per heavy atom. The second-order valence-corrected chi connectivity index (χ2v) is 1.23. The summed E-state index contributed by atoms with van der Waals surface area (Å²) >= 11 is 0.0745. The van der Waals surface area contributed by atoms with Gasteiger partial charge in [-0.25, -0.2) is 0 Å². The van der Waals surface area contributed by atoms with Crippen molar-refractivity contribution in [3.8, 4) is 0 Å². The molecule has 0 aliphatic rings. The highest BCUT2D eigenvalue weighted by Gasteiger charge is 1.83. The third kappa shape index (κ3) is 2.51. The highest BCUT2D eigenvalue weighted by atomic mass is 32.2. The quantitative estimate of drug-likeness (QED) is 0.380. The molecule has 0 heterocycles. The van der Waals surface area contributed by atoms with Crippen molar-refractivity contribution < 1.29 is 12.3 Å². The molecule has 0 aromatic heterocycles. The van der Waals surface area contributed by atoms with Crippen LogP contribution in [-0.4, -0.2) is 25.3 Å². The van der Waals surface area contributed by atoms with Crippen LogP contribution >= 0.6 is 11.8 Å². The van der Waals surface area contributed by atoms with E-state index in [2.05, 4.69) is 4.99 Å². The number of rotatable bonds is 0. The van der Waals surface area contributed by atoms with Gasteiger partial charge in [0.1, 0.15) is 0 Å². The van der Waals surface area contributed by atoms with E-state index in [1.54, 1.807) is 5.32 Å². The SMILES string of the molecule is [2H]C([2H])([2H])N=C(NC([2H])([2H])[2H])SC([2H])([2H])[2H]. The zero-order valence-corrected chi connectivity index (χ0v) is 4.17. The fraction of sp³-hybridized carbons (Fsp3) is 0.750. The van der Waals surface area contributed by atoms with E-state index in [0.717, 1.165) is 0 Å². The summed E-state index contributed by atoms with van der Waals surface area (Å²) in [4.78, 5) is 3.03. The molecular formula is C4H10N2S. The summed E-state index contributed by atoms with van der Waals surface area (Å²) in [7, 11) is 0. The topological polar surface area (TPSA) is 24.4 Å². The van der Waals surface area contributed by atoms with Gasteiger partial charge in [0.05, 0.1) is 0 Å². The number of aliphatic imine (C=N–C) groups is 1. The molecule has 3 heteroatoms. The number of hydrogen-bond acceptors (Lipinski definition) is 2. The van der Waals surface area contributed by atoms with Crippen LogP contribution < -0.4 is 5.32 Å². The lowest BCUT2D eigenvalue weighted by atomic mass is 11.1. The Kier molecular flexibility index (Phi) is 0.600. The normalized spacial score (nSPS) is 36.0. The van der Waals surface area contributed by atoms with E-state index in [9.17, 15) is 0 Å². The van der Waals surface area contributed by atoms with Gasteiger partial charge in [0, 0.05) is 26.3 Å². The Balaban J connectivity index is 4.87. The van der Waals surface area contributed by atoms with Crippen molar-refractivity contribution in [1.82, 2.24) is 5.32 Å². The molecule has 42 valence electrons. The minimum atomic E-state index is -2.79. The van der Waals surface area contributed by atoms with Gasteiger partial charge in [0.25, 0.3) is 0 Å². The number of thioether (sulfide) groups is 1. The zero-order chi connectivity index (χ0) is 13.2. The average Bonchev–Trinajstić information content (AvgIpc) is 1.70. The maximum atomic E-state index is 6.89. The van der Waals surface area contributed by atoms with E-state index in [1.165, 1.54) is 0 Å². The van der Waals surface area contributed by atoms with Crippen molar-refractivity contribution in [2.45, 2.75) is 0 Å². The molecular weight excluding hydrogens is 108 g/mol. The van der Waals surface area contributed by atoms with E-state index >= 15 is 0 Å². The zero-order valence-electron chi connectivity index (χ0n) is 12.4. The molecule has 0 saturated heterocycles. The van der Waals surface area contributed by atoms with Gasteiger partial charge in [0.2, 0.25) is 0 Å². The molecule has 0 aromatic rings. The molecule has 0 saturated carbocycles. The molecule has 0 aliphatic carbocycles. The first kappa shape index (κ1) is 1.05. The van der Waals surface area contributed by atoms with Gasteiger partial charge < -0.3 is 5.32 Å². The van der Waals surface area contributed by atoms with Gasteiger partial charge in [0.15, 0.2) is 5.17 Å². The van der Waals surface area contributed by atoms with Crippen molar-refractivity contribution in [3.05, 3.63) is 0 Å². The second kappa shape index (κ2) is 3.99. The van der Waals surface area contributed by atoms with Crippen molar-refractivity contribution in [2.24, 2.45) is 4.99 Å². The molecule has 0 spiro atoms. The van der Waals surface area contributed by atoms with Crippen LogP contribution in [0.15, 0.2) is 4.99 Å².